The number of hydrogen-bond acceptors (Lipinski definition) is 3. The minimum Gasteiger partial charge on any atom is -0.389 e. The van der Waals surface area contributed by atoms with Gasteiger partial charge >= 0.3 is 6.03 Å². The Hall–Kier alpha value is -1.14. The van der Waals surface area contributed by atoms with Crippen LogP contribution in [0.2, 0.25) is 0 Å². The molecule has 0 aliphatic carbocycles. The molecule has 1 rings (SSSR count). The van der Waals surface area contributed by atoms with E-state index >= 15 is 0 Å². The molecule has 0 fully saturated rings. The van der Waals surface area contributed by atoms with E-state index in [2.05, 4.69) is 26.2 Å². The molecule has 0 aliphatic rings. The Balaban J connectivity index is 2.57. The van der Waals surface area contributed by atoms with Crippen LogP contribution in [0.4, 0.5) is 10.5 Å². The normalized spacial score (nSPS) is 11.1. The average Bonchev–Trinajstić information content (AvgIpc) is 2.19. The lowest BCUT2D eigenvalue weighted by Gasteiger charge is -2.25. The summed E-state index contributed by atoms with van der Waals surface area (Å²) in [6.45, 7) is 3.55. The fraction of sp³-hybridized carbons (Fsp3) is 0.455. The first-order chi connectivity index (χ1) is 7.78. The zero-order valence-corrected chi connectivity index (χ0v) is 11.7. The zero-order chi connectivity index (χ0) is 13.1. The molecule has 0 radical (unpaired) electrons. The second kappa shape index (κ2) is 5.46. The van der Waals surface area contributed by atoms with Gasteiger partial charge in [-0.1, -0.05) is 0 Å². The largest absolute Gasteiger partial charge is 0.389 e. The van der Waals surface area contributed by atoms with E-state index in [4.69, 9.17) is 0 Å². The van der Waals surface area contributed by atoms with Crippen molar-refractivity contribution in [2.45, 2.75) is 19.4 Å². The van der Waals surface area contributed by atoms with E-state index in [0.29, 0.717) is 10.3 Å². The van der Waals surface area contributed by atoms with E-state index in [9.17, 15) is 9.90 Å². The number of rotatable bonds is 3. The molecule has 0 aliphatic heterocycles. The van der Waals surface area contributed by atoms with Crippen molar-refractivity contribution in [2.75, 3.05) is 18.9 Å². The van der Waals surface area contributed by atoms with Gasteiger partial charge in [-0.2, -0.15) is 0 Å². The van der Waals surface area contributed by atoms with Crippen LogP contribution in [0.3, 0.4) is 0 Å². The molecule has 1 aromatic heterocycles. The minimum atomic E-state index is -0.913. The summed E-state index contributed by atoms with van der Waals surface area (Å²) in [4.78, 5) is 17.2. The second-order valence-electron chi connectivity index (χ2n) is 4.47. The molecule has 1 aromatic rings. The van der Waals surface area contributed by atoms with Crippen LogP contribution in [-0.2, 0) is 0 Å². The van der Waals surface area contributed by atoms with Crippen LogP contribution in [0.5, 0.6) is 0 Å². The first-order valence-corrected chi connectivity index (χ1v) is 5.93. The maximum atomic E-state index is 11.7. The first-order valence-electron chi connectivity index (χ1n) is 5.14. The van der Waals surface area contributed by atoms with Gasteiger partial charge in [0, 0.05) is 7.05 Å². The predicted octanol–water partition coefficient (Wildman–Crippen LogP) is 2.08. The molecule has 17 heavy (non-hydrogen) atoms. The molecule has 94 valence electrons. The van der Waals surface area contributed by atoms with Crippen molar-refractivity contribution in [2.24, 2.45) is 0 Å². The molecule has 0 bridgehead atoms. The quantitative estimate of drug-likeness (QED) is 0.840. The molecule has 0 unspecified atom stereocenters. The summed E-state index contributed by atoms with van der Waals surface area (Å²) in [5, 5.41) is 12.3. The van der Waals surface area contributed by atoms with Crippen molar-refractivity contribution in [3.8, 4) is 0 Å². The number of carbonyl (C=O) groups excluding carboxylic acids is 1. The summed E-state index contributed by atoms with van der Waals surface area (Å²) in [7, 11) is 1.62. The van der Waals surface area contributed by atoms with Crippen molar-refractivity contribution in [3.63, 3.8) is 0 Å². The van der Waals surface area contributed by atoms with Gasteiger partial charge in [-0.3, -0.25) is 0 Å². The Morgan fingerprint density at radius 2 is 2.24 bits per heavy atom. The van der Waals surface area contributed by atoms with Gasteiger partial charge in [-0.15, -0.1) is 0 Å². The van der Waals surface area contributed by atoms with Crippen LogP contribution in [0.25, 0.3) is 0 Å². The minimum absolute atomic E-state index is 0.253. The number of nitrogens with zero attached hydrogens (tertiary/aromatic N) is 2. The summed E-state index contributed by atoms with van der Waals surface area (Å²) in [5.74, 6) is 0. The van der Waals surface area contributed by atoms with E-state index < -0.39 is 5.60 Å². The number of halogens is 1. The molecule has 2 N–H and O–H groups in total. The van der Waals surface area contributed by atoms with Gasteiger partial charge in [0.15, 0.2) is 0 Å². The number of hydrogen-bond donors (Lipinski definition) is 2. The summed E-state index contributed by atoms with van der Waals surface area (Å²) >= 11 is 3.21. The van der Waals surface area contributed by atoms with Crippen molar-refractivity contribution in [1.82, 2.24) is 9.88 Å². The number of pyridine rings is 1. The molecular formula is C11H16BrN3O2. The van der Waals surface area contributed by atoms with Gasteiger partial charge in [0.2, 0.25) is 0 Å². The van der Waals surface area contributed by atoms with Crippen molar-refractivity contribution in [3.05, 3.63) is 22.9 Å². The maximum Gasteiger partial charge on any atom is 0.321 e. The topological polar surface area (TPSA) is 65.5 Å². The van der Waals surface area contributed by atoms with Crippen LogP contribution in [0.1, 0.15) is 13.8 Å². The summed E-state index contributed by atoms with van der Waals surface area (Å²) in [5.41, 5.74) is -0.301. The third-order valence-corrected chi connectivity index (χ3v) is 2.42. The lowest BCUT2D eigenvalue weighted by Crippen LogP contribution is -2.41. The number of likely N-dealkylation sites (N-methyl/N-ethyl adjacent to an activating group) is 1. The maximum absolute atomic E-state index is 11.7. The highest BCUT2D eigenvalue weighted by molar-refractivity contribution is 9.10. The van der Waals surface area contributed by atoms with Crippen LogP contribution in [0.15, 0.2) is 22.9 Å². The van der Waals surface area contributed by atoms with Gasteiger partial charge in [0.05, 0.1) is 24.0 Å². The van der Waals surface area contributed by atoms with Gasteiger partial charge in [-0.25, -0.2) is 9.78 Å². The molecule has 0 aromatic carbocycles. The van der Waals surface area contributed by atoms with Gasteiger partial charge in [0.25, 0.3) is 0 Å². The molecule has 0 atom stereocenters. The fourth-order valence-corrected chi connectivity index (χ4v) is 1.56. The Bertz CT molecular complexity index is 387. The molecule has 6 heteroatoms. The number of aromatic nitrogens is 1. The number of nitrogens with one attached hydrogen (secondary N) is 1. The second-order valence-corrected chi connectivity index (χ2v) is 5.28. The highest BCUT2D eigenvalue weighted by Gasteiger charge is 2.19. The lowest BCUT2D eigenvalue weighted by atomic mass is 10.1. The third kappa shape index (κ3) is 5.14. The highest BCUT2D eigenvalue weighted by Crippen LogP contribution is 2.11. The van der Waals surface area contributed by atoms with Gasteiger partial charge in [-0.05, 0) is 41.9 Å². The number of anilines is 1. The van der Waals surface area contributed by atoms with Gasteiger partial charge in [0.1, 0.15) is 4.60 Å². The Morgan fingerprint density at radius 1 is 1.59 bits per heavy atom. The summed E-state index contributed by atoms with van der Waals surface area (Å²) in [6.07, 6.45) is 1.56. The molecule has 0 spiro atoms. The fourth-order valence-electron chi connectivity index (χ4n) is 1.32. The number of aliphatic hydroxyl groups is 1. The molecule has 0 saturated heterocycles. The van der Waals surface area contributed by atoms with Crippen molar-refractivity contribution >= 4 is 27.6 Å². The number of urea groups is 1. The van der Waals surface area contributed by atoms with Gasteiger partial charge < -0.3 is 15.3 Å². The molecule has 2 amide bonds. The third-order valence-electron chi connectivity index (χ3n) is 1.95. The summed E-state index contributed by atoms with van der Waals surface area (Å²) < 4.78 is 0.709. The van der Waals surface area contributed by atoms with Crippen LogP contribution >= 0.6 is 15.9 Å². The number of amides is 2. The predicted molar refractivity (Wildman–Crippen MR) is 69.9 cm³/mol. The first kappa shape index (κ1) is 13.9. The SMILES string of the molecule is CN(CC(C)(C)O)C(=O)Nc1ccc(Br)nc1. The van der Waals surface area contributed by atoms with E-state index in [-0.39, 0.29) is 12.6 Å². The molecular weight excluding hydrogens is 286 g/mol. The van der Waals surface area contributed by atoms with Crippen molar-refractivity contribution < 1.29 is 9.90 Å². The molecule has 1 heterocycles. The van der Waals surface area contributed by atoms with Crippen LogP contribution in [0, 0.1) is 0 Å². The molecule has 5 nitrogen and oxygen atoms in total. The van der Waals surface area contributed by atoms with Crippen LogP contribution < -0.4 is 5.32 Å². The average molecular weight is 302 g/mol. The monoisotopic (exact) mass is 301 g/mol. The van der Waals surface area contributed by atoms with E-state index in [1.54, 1.807) is 39.2 Å². The Morgan fingerprint density at radius 3 is 2.71 bits per heavy atom. The van der Waals surface area contributed by atoms with E-state index in [0.717, 1.165) is 0 Å². The summed E-state index contributed by atoms with van der Waals surface area (Å²) in [6, 6.07) is 3.20. The highest BCUT2D eigenvalue weighted by atomic mass is 79.9. The van der Waals surface area contributed by atoms with E-state index in [1.807, 2.05) is 0 Å². The smallest absolute Gasteiger partial charge is 0.321 e. The lowest BCUT2D eigenvalue weighted by molar-refractivity contribution is 0.0550. The zero-order valence-electron chi connectivity index (χ0n) is 10.1. The Labute approximate surface area is 109 Å². The Kier molecular flexibility index (Phi) is 4.47. The van der Waals surface area contributed by atoms with Crippen LogP contribution in [-0.4, -0.2) is 40.2 Å². The van der Waals surface area contributed by atoms with Crippen molar-refractivity contribution in [1.29, 1.82) is 0 Å². The molecule has 0 saturated carbocycles. The standard InChI is InChI=1S/C11H16BrN3O2/c1-11(2,17)7-15(3)10(16)14-8-4-5-9(12)13-6-8/h4-6,17H,7H2,1-3H3,(H,14,16). The number of carbonyl (C=O) groups is 1. The van der Waals surface area contributed by atoms with E-state index in [1.165, 1.54) is 4.90 Å².